The Balaban J connectivity index is -0.000000163. The van der Waals surface area contributed by atoms with Gasteiger partial charge in [0.2, 0.25) is 0 Å². The SMILES string of the molecule is CCCC.CCCC.CCCCC(CC)COC(=O)/C=C\C(=O)O.CCCCC(CC)COC(=O)/C=C\C(=O)O.[Sn]. The number of carbonyl (C=O) groups excluding carboxylic acids is 2. The van der Waals surface area contributed by atoms with Crippen LogP contribution in [-0.4, -0.2) is 71.2 Å². The molecule has 0 amide bonds. The zero-order valence-corrected chi connectivity index (χ0v) is 30.1. The molecular formula is C32H60O8Sn. The van der Waals surface area contributed by atoms with Crippen molar-refractivity contribution in [1.82, 2.24) is 0 Å². The topological polar surface area (TPSA) is 127 Å². The molecule has 0 spiro atoms. The zero-order chi connectivity index (χ0) is 31.6. The van der Waals surface area contributed by atoms with Crippen molar-refractivity contribution in [2.24, 2.45) is 11.8 Å². The van der Waals surface area contributed by atoms with Crippen LogP contribution in [0.2, 0.25) is 0 Å². The summed E-state index contributed by atoms with van der Waals surface area (Å²) in [5.74, 6) is -2.70. The number of aliphatic carboxylic acids is 2. The smallest absolute Gasteiger partial charge is 0.331 e. The first-order chi connectivity index (χ1) is 19.0. The number of esters is 2. The molecule has 0 fully saturated rings. The van der Waals surface area contributed by atoms with Crippen molar-refractivity contribution < 1.29 is 38.9 Å². The number of carboxylic acid groups (broad SMARTS) is 2. The molecular weight excluding hydrogens is 631 g/mol. The van der Waals surface area contributed by atoms with E-state index in [9.17, 15) is 19.2 Å². The third-order valence-corrected chi connectivity index (χ3v) is 5.73. The van der Waals surface area contributed by atoms with E-state index >= 15 is 0 Å². The number of hydrogen-bond acceptors (Lipinski definition) is 6. The molecule has 2 N–H and O–H groups in total. The number of rotatable bonds is 18. The predicted molar refractivity (Wildman–Crippen MR) is 169 cm³/mol. The van der Waals surface area contributed by atoms with Crippen LogP contribution in [0.5, 0.6) is 0 Å². The maximum atomic E-state index is 11.1. The van der Waals surface area contributed by atoms with Crippen LogP contribution < -0.4 is 0 Å². The second kappa shape index (κ2) is 40.3. The van der Waals surface area contributed by atoms with Crippen LogP contribution in [0.1, 0.15) is 132 Å². The van der Waals surface area contributed by atoms with E-state index in [-0.39, 0.29) is 23.9 Å². The van der Waals surface area contributed by atoms with Crippen molar-refractivity contribution in [3.8, 4) is 0 Å². The fourth-order valence-electron chi connectivity index (χ4n) is 2.57. The number of ether oxygens (including phenoxy) is 2. The number of hydrogen-bond donors (Lipinski definition) is 2. The van der Waals surface area contributed by atoms with E-state index in [2.05, 4.69) is 55.4 Å². The molecule has 0 saturated heterocycles. The van der Waals surface area contributed by atoms with Gasteiger partial charge >= 0.3 is 23.9 Å². The predicted octanol–water partition coefficient (Wildman–Crippen LogP) is 8.01. The summed E-state index contributed by atoms with van der Waals surface area (Å²) in [6.07, 6.45) is 17.3. The van der Waals surface area contributed by atoms with Crippen LogP contribution in [-0.2, 0) is 28.7 Å². The Kier molecular flexibility index (Phi) is 48.0. The third kappa shape index (κ3) is 48.2. The van der Waals surface area contributed by atoms with Gasteiger partial charge in [-0.1, -0.05) is 120 Å². The molecule has 240 valence electrons. The number of unbranched alkanes of at least 4 members (excludes halogenated alkanes) is 4. The normalized spacial score (nSPS) is 11.3. The summed E-state index contributed by atoms with van der Waals surface area (Å²) in [5, 5.41) is 16.6. The molecule has 0 aliphatic carbocycles. The Hall–Kier alpha value is -1.84. The number of carbonyl (C=O) groups is 4. The van der Waals surface area contributed by atoms with Gasteiger partial charge in [0.1, 0.15) is 0 Å². The largest absolute Gasteiger partial charge is 0.478 e. The summed E-state index contributed by atoms with van der Waals surface area (Å²) in [5.41, 5.74) is 0. The molecule has 41 heavy (non-hydrogen) atoms. The molecule has 0 aliphatic heterocycles. The second-order valence-electron chi connectivity index (χ2n) is 9.44. The van der Waals surface area contributed by atoms with E-state index in [4.69, 9.17) is 19.7 Å². The van der Waals surface area contributed by atoms with Crippen LogP contribution in [0.15, 0.2) is 24.3 Å². The molecule has 0 rings (SSSR count). The standard InChI is InChI=1S/2C12H20O4.2C4H10.Sn/c2*1-3-5-6-10(4-2)9-16-12(15)8-7-11(13)14;2*1-3-4-2;/h2*7-8,10H,3-6,9H2,1-2H3,(H,13,14);2*3-4H2,1-2H3;/b2*8-7-;;;. The van der Waals surface area contributed by atoms with Crippen molar-refractivity contribution in [3.05, 3.63) is 24.3 Å². The average Bonchev–Trinajstić information content (AvgIpc) is 2.95. The summed E-state index contributed by atoms with van der Waals surface area (Å²) in [6, 6.07) is 0. The molecule has 4 radical (unpaired) electrons. The van der Waals surface area contributed by atoms with Crippen molar-refractivity contribution in [2.45, 2.75) is 132 Å². The molecule has 0 aliphatic rings. The Morgan fingerprint density at radius 2 is 0.829 bits per heavy atom. The van der Waals surface area contributed by atoms with Gasteiger partial charge in [0, 0.05) is 48.2 Å². The maximum Gasteiger partial charge on any atom is 0.331 e. The van der Waals surface area contributed by atoms with Gasteiger partial charge in [0.15, 0.2) is 0 Å². The Labute approximate surface area is 267 Å². The Bertz CT molecular complexity index is 602. The maximum absolute atomic E-state index is 11.1. The van der Waals surface area contributed by atoms with Crippen molar-refractivity contribution in [3.63, 3.8) is 0 Å². The van der Waals surface area contributed by atoms with Gasteiger partial charge in [-0.05, 0) is 24.7 Å². The van der Waals surface area contributed by atoms with E-state index < -0.39 is 23.9 Å². The fourth-order valence-corrected chi connectivity index (χ4v) is 2.57. The molecule has 0 aromatic rings. The van der Waals surface area contributed by atoms with Crippen molar-refractivity contribution >= 4 is 47.8 Å². The van der Waals surface area contributed by atoms with E-state index in [0.29, 0.717) is 25.0 Å². The van der Waals surface area contributed by atoms with E-state index in [0.717, 1.165) is 75.7 Å². The number of carboxylic acids is 2. The van der Waals surface area contributed by atoms with Gasteiger partial charge in [0.05, 0.1) is 13.2 Å². The van der Waals surface area contributed by atoms with Gasteiger partial charge in [0.25, 0.3) is 0 Å². The van der Waals surface area contributed by atoms with Crippen LogP contribution in [0, 0.1) is 11.8 Å². The Morgan fingerprint density at radius 1 is 0.537 bits per heavy atom. The second-order valence-corrected chi connectivity index (χ2v) is 9.44. The first-order valence-corrected chi connectivity index (χ1v) is 15.2. The fraction of sp³-hybridized carbons (Fsp3) is 0.750. The quantitative estimate of drug-likeness (QED) is 0.0841. The summed E-state index contributed by atoms with van der Waals surface area (Å²) in [7, 11) is 0. The van der Waals surface area contributed by atoms with Gasteiger partial charge < -0.3 is 19.7 Å². The molecule has 2 unspecified atom stereocenters. The van der Waals surface area contributed by atoms with Crippen LogP contribution in [0.25, 0.3) is 0 Å². The summed E-state index contributed by atoms with van der Waals surface area (Å²) in [6.45, 7) is 17.8. The minimum atomic E-state index is -1.14. The first-order valence-electron chi connectivity index (χ1n) is 15.2. The summed E-state index contributed by atoms with van der Waals surface area (Å²) < 4.78 is 9.91. The minimum Gasteiger partial charge on any atom is -0.478 e. The molecule has 2 atom stereocenters. The average molecular weight is 692 g/mol. The monoisotopic (exact) mass is 692 g/mol. The van der Waals surface area contributed by atoms with Crippen LogP contribution >= 0.6 is 0 Å². The van der Waals surface area contributed by atoms with Gasteiger partial charge in [-0.3, -0.25) is 0 Å². The summed E-state index contributed by atoms with van der Waals surface area (Å²) in [4.78, 5) is 42.4. The summed E-state index contributed by atoms with van der Waals surface area (Å²) >= 11 is 0. The van der Waals surface area contributed by atoms with E-state index in [1.807, 2.05) is 0 Å². The molecule has 0 aromatic carbocycles. The van der Waals surface area contributed by atoms with E-state index in [1.54, 1.807) is 0 Å². The van der Waals surface area contributed by atoms with Gasteiger partial charge in [-0.15, -0.1) is 0 Å². The first kappa shape index (κ1) is 48.9. The van der Waals surface area contributed by atoms with E-state index in [1.165, 1.54) is 25.7 Å². The van der Waals surface area contributed by atoms with Gasteiger partial charge in [-0.2, -0.15) is 0 Å². The molecule has 0 saturated carbocycles. The van der Waals surface area contributed by atoms with Crippen molar-refractivity contribution in [2.75, 3.05) is 13.2 Å². The van der Waals surface area contributed by atoms with Crippen LogP contribution in [0.4, 0.5) is 0 Å². The van der Waals surface area contributed by atoms with Crippen molar-refractivity contribution in [1.29, 1.82) is 0 Å². The molecule has 8 nitrogen and oxygen atoms in total. The van der Waals surface area contributed by atoms with Crippen LogP contribution in [0.3, 0.4) is 0 Å². The molecule has 0 aromatic heterocycles. The third-order valence-electron chi connectivity index (χ3n) is 5.73. The molecule has 9 heteroatoms. The Morgan fingerprint density at radius 3 is 1.02 bits per heavy atom. The molecule has 0 heterocycles. The molecule has 0 bridgehead atoms. The minimum absolute atomic E-state index is 0. The zero-order valence-electron chi connectivity index (χ0n) is 27.2. The van der Waals surface area contributed by atoms with Gasteiger partial charge in [-0.25, -0.2) is 19.2 Å².